The Kier molecular flexibility index (Phi) is 3.28. The van der Waals surface area contributed by atoms with Gasteiger partial charge in [-0.3, -0.25) is 4.79 Å². The van der Waals surface area contributed by atoms with Crippen molar-refractivity contribution in [2.45, 2.75) is 25.5 Å². The molecule has 92 valence electrons. The number of hydrogen-bond donors (Lipinski definition) is 1. The van der Waals surface area contributed by atoms with E-state index in [2.05, 4.69) is 20.8 Å². The lowest BCUT2D eigenvalue weighted by molar-refractivity contribution is -0.139. The molecule has 0 aromatic heterocycles. The molecule has 2 atom stereocenters. The molecule has 0 aliphatic carbocycles. The van der Waals surface area contributed by atoms with Gasteiger partial charge in [0.15, 0.2) is 0 Å². The van der Waals surface area contributed by atoms with Gasteiger partial charge in [0.1, 0.15) is 11.9 Å². The molecule has 0 spiro atoms. The molecule has 0 amide bonds. The van der Waals surface area contributed by atoms with Crippen LogP contribution in [-0.2, 0) is 4.79 Å². The minimum Gasteiger partial charge on any atom is -0.485 e. The van der Waals surface area contributed by atoms with Crippen LogP contribution < -0.4 is 9.64 Å². The molecule has 1 aromatic carbocycles. The van der Waals surface area contributed by atoms with Crippen LogP contribution in [-0.4, -0.2) is 30.3 Å². The predicted octanol–water partition coefficient (Wildman–Crippen LogP) is 2.51. The summed E-state index contributed by atoms with van der Waals surface area (Å²) in [6.45, 7) is 1.97. The van der Waals surface area contributed by atoms with Crippen LogP contribution in [0.2, 0.25) is 0 Å². The topological polar surface area (TPSA) is 49.8 Å². The van der Waals surface area contributed by atoms with E-state index in [1.165, 1.54) is 0 Å². The maximum absolute atomic E-state index is 10.8. The summed E-state index contributed by atoms with van der Waals surface area (Å²) in [6, 6.07) is 5.82. The number of nitrogens with zero attached hydrogens (tertiary/aromatic N) is 1. The van der Waals surface area contributed by atoms with Crippen LogP contribution in [0.15, 0.2) is 22.7 Å². The van der Waals surface area contributed by atoms with E-state index in [-0.39, 0.29) is 18.6 Å². The van der Waals surface area contributed by atoms with Crippen LogP contribution >= 0.6 is 15.9 Å². The molecule has 2 unspecified atom stereocenters. The van der Waals surface area contributed by atoms with Crippen LogP contribution in [0.25, 0.3) is 0 Å². The van der Waals surface area contributed by atoms with E-state index in [4.69, 9.17) is 9.84 Å². The van der Waals surface area contributed by atoms with E-state index >= 15 is 0 Å². The number of carboxylic acid groups (broad SMARTS) is 1. The molecule has 0 bridgehead atoms. The van der Waals surface area contributed by atoms with Gasteiger partial charge < -0.3 is 14.7 Å². The first kappa shape index (κ1) is 12.2. The summed E-state index contributed by atoms with van der Waals surface area (Å²) in [7, 11) is 1.95. The Morgan fingerprint density at radius 1 is 1.59 bits per heavy atom. The zero-order valence-electron chi connectivity index (χ0n) is 9.68. The van der Waals surface area contributed by atoms with Crippen molar-refractivity contribution in [1.29, 1.82) is 0 Å². The molecule has 4 nitrogen and oxygen atoms in total. The van der Waals surface area contributed by atoms with Crippen molar-refractivity contribution in [2.75, 3.05) is 11.9 Å². The van der Waals surface area contributed by atoms with Crippen molar-refractivity contribution in [2.24, 2.45) is 0 Å². The standard InChI is InChI=1S/C12H14BrNO3/c1-7-10(6-12(15)16)17-11-5-8(13)3-4-9(11)14(7)2/h3-5,7,10H,6H2,1-2H3,(H,15,16). The van der Waals surface area contributed by atoms with Crippen molar-refractivity contribution >= 4 is 27.6 Å². The van der Waals surface area contributed by atoms with Crippen molar-refractivity contribution in [3.63, 3.8) is 0 Å². The number of benzene rings is 1. The summed E-state index contributed by atoms with van der Waals surface area (Å²) in [5.74, 6) is -0.111. The van der Waals surface area contributed by atoms with Gasteiger partial charge in [0.25, 0.3) is 0 Å². The first-order valence-corrected chi connectivity index (χ1v) is 6.19. The summed E-state index contributed by atoms with van der Waals surface area (Å²) in [5.41, 5.74) is 0.988. The van der Waals surface area contributed by atoms with Gasteiger partial charge in [-0.2, -0.15) is 0 Å². The predicted molar refractivity (Wildman–Crippen MR) is 68.7 cm³/mol. The number of fused-ring (bicyclic) bond motifs is 1. The van der Waals surface area contributed by atoms with Crippen molar-refractivity contribution < 1.29 is 14.6 Å². The van der Waals surface area contributed by atoms with Crippen LogP contribution in [0.4, 0.5) is 5.69 Å². The van der Waals surface area contributed by atoms with Gasteiger partial charge >= 0.3 is 5.97 Å². The van der Waals surface area contributed by atoms with E-state index in [1.807, 2.05) is 32.2 Å². The Hall–Kier alpha value is -1.23. The van der Waals surface area contributed by atoms with Crippen LogP contribution in [0, 0.1) is 0 Å². The van der Waals surface area contributed by atoms with Crippen LogP contribution in [0.3, 0.4) is 0 Å². The zero-order valence-corrected chi connectivity index (χ0v) is 11.3. The minimum atomic E-state index is -0.839. The highest BCUT2D eigenvalue weighted by atomic mass is 79.9. The second-order valence-corrected chi connectivity index (χ2v) is 5.13. The van der Waals surface area contributed by atoms with E-state index in [9.17, 15) is 4.79 Å². The zero-order chi connectivity index (χ0) is 12.6. The first-order valence-electron chi connectivity index (χ1n) is 5.40. The molecular weight excluding hydrogens is 286 g/mol. The maximum Gasteiger partial charge on any atom is 0.307 e. The number of rotatable bonds is 2. The fourth-order valence-electron chi connectivity index (χ4n) is 1.99. The molecule has 17 heavy (non-hydrogen) atoms. The Morgan fingerprint density at radius 3 is 2.94 bits per heavy atom. The van der Waals surface area contributed by atoms with E-state index < -0.39 is 5.97 Å². The molecule has 0 saturated carbocycles. The molecule has 1 N–H and O–H groups in total. The molecule has 1 aliphatic rings. The Bertz CT molecular complexity index is 449. The minimum absolute atomic E-state index is 0.0114. The number of aliphatic carboxylic acids is 1. The average molecular weight is 300 g/mol. The Morgan fingerprint density at radius 2 is 2.29 bits per heavy atom. The summed E-state index contributed by atoms with van der Waals surface area (Å²) >= 11 is 3.38. The van der Waals surface area contributed by atoms with Gasteiger partial charge in [0.05, 0.1) is 18.2 Å². The Labute approximate surface area is 108 Å². The highest BCUT2D eigenvalue weighted by molar-refractivity contribution is 9.10. The van der Waals surface area contributed by atoms with Crippen LogP contribution in [0.5, 0.6) is 5.75 Å². The van der Waals surface area contributed by atoms with Crippen molar-refractivity contribution in [3.8, 4) is 5.75 Å². The third-order valence-corrected chi connectivity index (χ3v) is 3.60. The van der Waals surface area contributed by atoms with E-state index in [0.717, 1.165) is 15.9 Å². The molecular formula is C12H14BrNO3. The van der Waals surface area contributed by atoms with E-state index in [1.54, 1.807) is 0 Å². The van der Waals surface area contributed by atoms with Gasteiger partial charge in [-0.1, -0.05) is 15.9 Å². The lowest BCUT2D eigenvalue weighted by atomic mass is 10.0. The van der Waals surface area contributed by atoms with Gasteiger partial charge in [0.2, 0.25) is 0 Å². The number of likely N-dealkylation sites (N-methyl/N-ethyl adjacent to an activating group) is 1. The highest BCUT2D eigenvalue weighted by Gasteiger charge is 2.32. The number of carboxylic acids is 1. The summed E-state index contributed by atoms with van der Waals surface area (Å²) in [4.78, 5) is 12.8. The number of halogens is 1. The fourth-order valence-corrected chi connectivity index (χ4v) is 2.33. The van der Waals surface area contributed by atoms with Crippen molar-refractivity contribution in [3.05, 3.63) is 22.7 Å². The summed E-state index contributed by atoms with van der Waals surface area (Å²) in [5, 5.41) is 8.86. The third-order valence-electron chi connectivity index (χ3n) is 3.10. The summed E-state index contributed by atoms with van der Waals surface area (Å²) in [6.07, 6.45) is -0.309. The average Bonchev–Trinajstić information content (AvgIpc) is 2.24. The highest BCUT2D eigenvalue weighted by Crippen LogP contribution is 2.37. The molecule has 1 heterocycles. The van der Waals surface area contributed by atoms with Crippen molar-refractivity contribution in [1.82, 2.24) is 0 Å². The Balaban J connectivity index is 2.32. The third kappa shape index (κ3) is 2.39. The molecule has 0 radical (unpaired) electrons. The van der Waals surface area contributed by atoms with Crippen LogP contribution in [0.1, 0.15) is 13.3 Å². The maximum atomic E-state index is 10.8. The quantitative estimate of drug-likeness (QED) is 0.912. The monoisotopic (exact) mass is 299 g/mol. The normalized spacial score (nSPS) is 22.9. The second-order valence-electron chi connectivity index (χ2n) is 4.22. The SMILES string of the molecule is CC1C(CC(=O)O)Oc2cc(Br)ccc2N1C. The number of hydrogen-bond acceptors (Lipinski definition) is 3. The summed E-state index contributed by atoms with van der Waals surface area (Å²) < 4.78 is 6.68. The molecule has 0 saturated heterocycles. The molecule has 5 heteroatoms. The lowest BCUT2D eigenvalue weighted by Crippen LogP contribution is -2.46. The van der Waals surface area contributed by atoms with Gasteiger partial charge in [0, 0.05) is 11.5 Å². The number of ether oxygens (including phenoxy) is 1. The number of carbonyl (C=O) groups is 1. The van der Waals surface area contributed by atoms with Gasteiger partial charge in [-0.15, -0.1) is 0 Å². The molecule has 0 fully saturated rings. The fraction of sp³-hybridized carbons (Fsp3) is 0.417. The second kappa shape index (κ2) is 4.56. The smallest absolute Gasteiger partial charge is 0.307 e. The first-order chi connectivity index (χ1) is 7.99. The molecule has 1 aliphatic heterocycles. The van der Waals surface area contributed by atoms with Gasteiger partial charge in [-0.25, -0.2) is 0 Å². The molecule has 2 rings (SSSR count). The van der Waals surface area contributed by atoms with Gasteiger partial charge in [-0.05, 0) is 25.1 Å². The van der Waals surface area contributed by atoms with E-state index in [0.29, 0.717) is 0 Å². The molecule has 1 aromatic rings. The largest absolute Gasteiger partial charge is 0.485 e. The lowest BCUT2D eigenvalue weighted by Gasteiger charge is -2.39. The number of anilines is 1.